The maximum atomic E-state index is 5.53. The normalized spacial score (nSPS) is 10.5. The van der Waals surface area contributed by atoms with E-state index in [4.69, 9.17) is 5.73 Å². The van der Waals surface area contributed by atoms with Crippen LogP contribution in [0.2, 0.25) is 0 Å². The van der Waals surface area contributed by atoms with Crippen LogP contribution in [-0.4, -0.2) is 9.78 Å². The van der Waals surface area contributed by atoms with Crippen molar-refractivity contribution in [3.8, 4) is 0 Å². The molecule has 1 aromatic heterocycles. The number of nitrogens with two attached hydrogens (primary N) is 1. The van der Waals surface area contributed by atoms with Gasteiger partial charge in [0.2, 0.25) is 0 Å². The highest BCUT2D eigenvalue weighted by molar-refractivity contribution is 9.10. The number of aryl methyl sites for hydroxylation is 2. The summed E-state index contributed by atoms with van der Waals surface area (Å²) in [4.78, 5) is 0. The fraction of sp³-hybridized carbons (Fsp3) is 0.571. The Morgan fingerprint density at radius 3 is 2.55 bits per heavy atom. The minimum absolute atomic E-state index is 0.532. The van der Waals surface area contributed by atoms with Crippen LogP contribution in [0.25, 0.3) is 0 Å². The van der Waals surface area contributed by atoms with Gasteiger partial charge in [-0.2, -0.15) is 5.10 Å². The van der Waals surface area contributed by atoms with Crippen LogP contribution in [0.5, 0.6) is 0 Å². The molecule has 3 nitrogen and oxygen atoms in total. The summed E-state index contributed by atoms with van der Waals surface area (Å²) < 4.78 is 2.88. The molecule has 0 aliphatic heterocycles. The molecule has 0 aromatic carbocycles. The van der Waals surface area contributed by atoms with Crippen molar-refractivity contribution in [3.63, 3.8) is 0 Å². The molecule has 0 saturated carbocycles. The lowest BCUT2D eigenvalue weighted by atomic mass is 10.3. The lowest BCUT2D eigenvalue weighted by Gasteiger charge is -1.95. The van der Waals surface area contributed by atoms with Gasteiger partial charge >= 0.3 is 0 Å². The lowest BCUT2D eigenvalue weighted by Crippen LogP contribution is -2.04. The zero-order valence-corrected chi connectivity index (χ0v) is 8.35. The minimum Gasteiger partial charge on any atom is -0.325 e. The van der Waals surface area contributed by atoms with Gasteiger partial charge in [0, 0.05) is 13.6 Å². The van der Waals surface area contributed by atoms with E-state index in [0.717, 1.165) is 22.3 Å². The fourth-order valence-corrected chi connectivity index (χ4v) is 1.82. The maximum Gasteiger partial charge on any atom is 0.0767 e. The Morgan fingerprint density at radius 1 is 1.64 bits per heavy atom. The van der Waals surface area contributed by atoms with E-state index in [1.807, 2.05) is 11.7 Å². The van der Waals surface area contributed by atoms with Crippen LogP contribution in [0.15, 0.2) is 4.47 Å². The molecule has 0 fully saturated rings. The smallest absolute Gasteiger partial charge is 0.0767 e. The Hall–Kier alpha value is -0.350. The largest absolute Gasteiger partial charge is 0.325 e. The van der Waals surface area contributed by atoms with Gasteiger partial charge in [-0.05, 0) is 22.4 Å². The summed E-state index contributed by atoms with van der Waals surface area (Å²) >= 11 is 3.46. The maximum absolute atomic E-state index is 5.53. The van der Waals surface area contributed by atoms with Gasteiger partial charge in [0.1, 0.15) is 0 Å². The van der Waals surface area contributed by atoms with Crippen molar-refractivity contribution >= 4 is 15.9 Å². The van der Waals surface area contributed by atoms with Crippen molar-refractivity contribution in [3.05, 3.63) is 15.9 Å². The van der Waals surface area contributed by atoms with Crippen LogP contribution in [0, 0.1) is 0 Å². The summed E-state index contributed by atoms with van der Waals surface area (Å²) in [5, 5.41) is 4.29. The van der Waals surface area contributed by atoms with E-state index in [0.29, 0.717) is 6.54 Å². The van der Waals surface area contributed by atoms with E-state index in [2.05, 4.69) is 28.0 Å². The standard InChI is InChI=1S/C7H12BrN3/c1-3-5-7(8)6(4-9)11(2)10-5/h3-4,9H2,1-2H3. The van der Waals surface area contributed by atoms with Gasteiger partial charge in [0.15, 0.2) is 0 Å². The van der Waals surface area contributed by atoms with Crippen molar-refractivity contribution in [1.29, 1.82) is 0 Å². The molecule has 11 heavy (non-hydrogen) atoms. The van der Waals surface area contributed by atoms with Gasteiger partial charge in [-0.1, -0.05) is 6.92 Å². The molecule has 0 radical (unpaired) electrons. The van der Waals surface area contributed by atoms with Gasteiger partial charge < -0.3 is 5.73 Å². The van der Waals surface area contributed by atoms with E-state index in [1.165, 1.54) is 0 Å². The van der Waals surface area contributed by atoms with Gasteiger partial charge in [-0.3, -0.25) is 4.68 Å². The molecule has 0 saturated heterocycles. The highest BCUT2D eigenvalue weighted by Gasteiger charge is 2.09. The SMILES string of the molecule is CCc1nn(C)c(CN)c1Br. The molecule has 0 bridgehead atoms. The summed E-state index contributed by atoms with van der Waals surface area (Å²) in [5.74, 6) is 0. The van der Waals surface area contributed by atoms with Gasteiger partial charge in [-0.15, -0.1) is 0 Å². The first-order chi connectivity index (χ1) is 5.20. The molecular weight excluding hydrogens is 206 g/mol. The van der Waals surface area contributed by atoms with Gasteiger partial charge in [0.05, 0.1) is 15.9 Å². The Labute approximate surface area is 74.7 Å². The number of nitrogens with zero attached hydrogens (tertiary/aromatic N) is 2. The van der Waals surface area contributed by atoms with Crippen molar-refractivity contribution in [2.45, 2.75) is 19.9 Å². The third-order valence-corrected chi connectivity index (χ3v) is 2.61. The van der Waals surface area contributed by atoms with Gasteiger partial charge in [0.25, 0.3) is 0 Å². The monoisotopic (exact) mass is 217 g/mol. The lowest BCUT2D eigenvalue weighted by molar-refractivity contribution is 0.699. The first kappa shape index (κ1) is 8.74. The Kier molecular flexibility index (Phi) is 2.67. The third kappa shape index (κ3) is 1.46. The molecule has 62 valence electrons. The summed E-state index contributed by atoms with van der Waals surface area (Å²) in [6, 6.07) is 0. The van der Waals surface area contributed by atoms with Crippen molar-refractivity contribution in [1.82, 2.24) is 9.78 Å². The van der Waals surface area contributed by atoms with E-state index >= 15 is 0 Å². The van der Waals surface area contributed by atoms with E-state index in [1.54, 1.807) is 0 Å². The molecule has 0 aliphatic carbocycles. The molecule has 1 rings (SSSR count). The molecule has 4 heteroatoms. The second-order valence-corrected chi connectivity index (χ2v) is 3.18. The zero-order chi connectivity index (χ0) is 8.43. The molecule has 1 aromatic rings. The van der Waals surface area contributed by atoms with E-state index in [9.17, 15) is 0 Å². The fourth-order valence-electron chi connectivity index (χ4n) is 1.04. The summed E-state index contributed by atoms with van der Waals surface area (Å²) in [6.45, 7) is 2.61. The average molecular weight is 218 g/mol. The van der Waals surface area contributed by atoms with Gasteiger partial charge in [-0.25, -0.2) is 0 Å². The summed E-state index contributed by atoms with van der Waals surface area (Å²) in [6.07, 6.45) is 0.939. The first-order valence-electron chi connectivity index (χ1n) is 3.61. The van der Waals surface area contributed by atoms with E-state index in [-0.39, 0.29) is 0 Å². The van der Waals surface area contributed by atoms with Crippen molar-refractivity contribution in [2.75, 3.05) is 0 Å². The van der Waals surface area contributed by atoms with Crippen LogP contribution in [-0.2, 0) is 20.0 Å². The quantitative estimate of drug-likeness (QED) is 0.810. The number of hydrogen-bond donors (Lipinski definition) is 1. The summed E-state index contributed by atoms with van der Waals surface area (Å²) in [7, 11) is 1.91. The second kappa shape index (κ2) is 3.36. The predicted octanol–water partition coefficient (Wildman–Crippen LogP) is 1.20. The summed E-state index contributed by atoms with van der Waals surface area (Å²) in [5.41, 5.74) is 7.66. The topological polar surface area (TPSA) is 43.8 Å². The van der Waals surface area contributed by atoms with E-state index < -0.39 is 0 Å². The highest BCUT2D eigenvalue weighted by atomic mass is 79.9. The van der Waals surface area contributed by atoms with Crippen LogP contribution >= 0.6 is 15.9 Å². The van der Waals surface area contributed by atoms with Crippen LogP contribution in [0.4, 0.5) is 0 Å². The third-order valence-electron chi connectivity index (χ3n) is 1.70. The van der Waals surface area contributed by atoms with Crippen LogP contribution < -0.4 is 5.73 Å². The molecule has 0 aliphatic rings. The van der Waals surface area contributed by atoms with Crippen LogP contribution in [0.1, 0.15) is 18.3 Å². The highest BCUT2D eigenvalue weighted by Crippen LogP contribution is 2.20. The first-order valence-corrected chi connectivity index (χ1v) is 4.40. The molecular formula is C7H12BrN3. The molecule has 2 N–H and O–H groups in total. The number of rotatable bonds is 2. The van der Waals surface area contributed by atoms with Crippen molar-refractivity contribution in [2.24, 2.45) is 12.8 Å². The van der Waals surface area contributed by atoms with Crippen molar-refractivity contribution < 1.29 is 0 Å². The Bertz CT molecular complexity index is 254. The molecule has 1 heterocycles. The molecule has 0 atom stereocenters. The Morgan fingerprint density at radius 2 is 2.27 bits per heavy atom. The number of halogens is 1. The van der Waals surface area contributed by atoms with Crippen LogP contribution in [0.3, 0.4) is 0 Å². The number of hydrogen-bond acceptors (Lipinski definition) is 2. The second-order valence-electron chi connectivity index (χ2n) is 2.39. The molecule has 0 amide bonds. The molecule has 0 unspecified atom stereocenters. The zero-order valence-electron chi connectivity index (χ0n) is 6.76. The molecule has 0 spiro atoms. The Balaban J connectivity index is 3.14. The number of aromatic nitrogens is 2. The average Bonchev–Trinajstić information content (AvgIpc) is 2.26. The minimum atomic E-state index is 0.532. The predicted molar refractivity (Wildman–Crippen MR) is 48.2 cm³/mol.